The predicted molar refractivity (Wildman–Crippen MR) is 92.5 cm³/mol. The number of carbonyl (C=O) groups is 2. The summed E-state index contributed by atoms with van der Waals surface area (Å²) in [5.74, 6) is -0.749. The maximum Gasteiger partial charge on any atom is 0.203 e. The fourth-order valence-corrected chi connectivity index (χ4v) is 4.02. The summed E-state index contributed by atoms with van der Waals surface area (Å²) in [5.41, 5.74) is 1.03. The lowest BCUT2D eigenvalue weighted by atomic mass is 9.75. The van der Waals surface area contributed by atoms with Gasteiger partial charge in [-0.2, -0.15) is 0 Å². The fourth-order valence-electron chi connectivity index (χ4n) is 4.02. The van der Waals surface area contributed by atoms with Crippen molar-refractivity contribution in [2.45, 2.75) is 65.1 Å². The van der Waals surface area contributed by atoms with E-state index in [-0.39, 0.29) is 35.3 Å². The molecule has 1 N–H and O–H groups in total. The second-order valence-electron chi connectivity index (χ2n) is 7.73. The largest absolute Gasteiger partial charge is 0.504 e. The van der Waals surface area contributed by atoms with E-state index in [4.69, 9.17) is 9.15 Å². The van der Waals surface area contributed by atoms with Crippen molar-refractivity contribution in [2.24, 2.45) is 11.8 Å². The summed E-state index contributed by atoms with van der Waals surface area (Å²) in [6.45, 7) is 7.44. The van der Waals surface area contributed by atoms with E-state index in [0.29, 0.717) is 25.0 Å². The van der Waals surface area contributed by atoms with Crippen LogP contribution in [0.5, 0.6) is 0 Å². The number of carbonyl (C=O) groups excluding carboxylic acids is 2. The number of hydrogen-bond donors (Lipinski definition) is 1. The molecule has 0 spiro atoms. The van der Waals surface area contributed by atoms with E-state index in [1.165, 1.54) is 0 Å². The third kappa shape index (κ3) is 3.17. The molecule has 0 aromatic carbocycles. The van der Waals surface area contributed by atoms with Gasteiger partial charge in [0.1, 0.15) is 0 Å². The molecule has 136 valence electrons. The van der Waals surface area contributed by atoms with Gasteiger partial charge in [-0.25, -0.2) is 0 Å². The van der Waals surface area contributed by atoms with Gasteiger partial charge in [-0.1, -0.05) is 6.92 Å². The smallest absolute Gasteiger partial charge is 0.203 e. The Kier molecular flexibility index (Phi) is 4.62. The Hall–Kier alpha value is -1.88. The van der Waals surface area contributed by atoms with Crippen molar-refractivity contribution in [3.05, 3.63) is 35.0 Å². The lowest BCUT2D eigenvalue weighted by Crippen LogP contribution is -2.43. The van der Waals surface area contributed by atoms with Gasteiger partial charge in [0.15, 0.2) is 11.5 Å². The van der Waals surface area contributed by atoms with Gasteiger partial charge in [0.2, 0.25) is 11.6 Å². The SMILES string of the molecule is CC1=C(O)C(=O)[C@@H]([C@]2(C)CC[C@@H]([C@H](C)C(=O)c3cc(C)co3)O2)CC1. The van der Waals surface area contributed by atoms with Crippen molar-refractivity contribution < 1.29 is 23.8 Å². The van der Waals surface area contributed by atoms with Crippen LogP contribution < -0.4 is 0 Å². The molecule has 3 rings (SSSR count). The highest BCUT2D eigenvalue weighted by Gasteiger charge is 2.49. The van der Waals surface area contributed by atoms with Crippen LogP contribution in [0.25, 0.3) is 0 Å². The molecule has 25 heavy (non-hydrogen) atoms. The number of ketones is 2. The summed E-state index contributed by atoms with van der Waals surface area (Å²) in [7, 11) is 0. The Balaban J connectivity index is 1.72. The molecule has 1 aromatic heterocycles. The van der Waals surface area contributed by atoms with E-state index in [1.807, 2.05) is 20.8 Å². The standard InChI is InChI=1S/C20H26O5/c1-11-9-16(24-10-11)18(22)13(3)15-7-8-20(4,25-15)14-6-5-12(2)17(21)19(14)23/h9-10,13-15,21H,5-8H2,1-4H3/t13-,14-,15-,20-/m0/s1. The normalized spacial score (nSPS) is 31.4. The zero-order valence-corrected chi connectivity index (χ0v) is 15.3. The molecule has 0 amide bonds. The quantitative estimate of drug-likeness (QED) is 0.829. The van der Waals surface area contributed by atoms with Crippen molar-refractivity contribution >= 4 is 11.6 Å². The Morgan fingerprint density at radius 1 is 1.36 bits per heavy atom. The molecule has 2 heterocycles. The molecule has 1 aliphatic heterocycles. The van der Waals surface area contributed by atoms with Crippen molar-refractivity contribution in [1.29, 1.82) is 0 Å². The highest BCUT2D eigenvalue weighted by atomic mass is 16.5. The van der Waals surface area contributed by atoms with Crippen LogP contribution in [-0.2, 0) is 9.53 Å². The zero-order chi connectivity index (χ0) is 18.4. The second kappa shape index (κ2) is 6.45. The molecule has 0 bridgehead atoms. The van der Waals surface area contributed by atoms with Crippen LogP contribution in [0.15, 0.2) is 28.1 Å². The molecule has 2 aliphatic rings. The van der Waals surface area contributed by atoms with Gasteiger partial charge in [0, 0.05) is 5.92 Å². The molecular weight excluding hydrogens is 320 g/mol. The summed E-state index contributed by atoms with van der Waals surface area (Å²) >= 11 is 0. The van der Waals surface area contributed by atoms with Crippen molar-refractivity contribution in [2.75, 3.05) is 0 Å². The Morgan fingerprint density at radius 2 is 2.08 bits per heavy atom. The fraction of sp³-hybridized carbons (Fsp3) is 0.600. The van der Waals surface area contributed by atoms with E-state index >= 15 is 0 Å². The molecule has 4 atom stereocenters. The summed E-state index contributed by atoms with van der Waals surface area (Å²) < 4.78 is 11.6. The third-order valence-corrected chi connectivity index (χ3v) is 5.79. The summed E-state index contributed by atoms with van der Waals surface area (Å²) in [6, 6.07) is 1.74. The van der Waals surface area contributed by atoms with Crippen LogP contribution in [0.3, 0.4) is 0 Å². The van der Waals surface area contributed by atoms with Gasteiger partial charge in [0.05, 0.1) is 23.9 Å². The van der Waals surface area contributed by atoms with Crippen LogP contribution in [0.4, 0.5) is 0 Å². The summed E-state index contributed by atoms with van der Waals surface area (Å²) in [6.07, 6.45) is 4.12. The monoisotopic (exact) mass is 346 g/mol. The van der Waals surface area contributed by atoms with Crippen molar-refractivity contribution in [3.8, 4) is 0 Å². The number of allylic oxidation sites excluding steroid dienone is 2. The molecule has 0 radical (unpaired) electrons. The number of hydrogen-bond acceptors (Lipinski definition) is 5. The highest BCUT2D eigenvalue weighted by molar-refractivity contribution is 5.97. The number of aryl methyl sites for hydroxylation is 1. The molecule has 1 fully saturated rings. The van der Waals surface area contributed by atoms with Gasteiger partial charge in [0.25, 0.3) is 0 Å². The number of aliphatic hydroxyl groups excluding tert-OH is 1. The highest BCUT2D eigenvalue weighted by Crippen LogP contribution is 2.44. The van der Waals surface area contributed by atoms with Gasteiger partial charge in [-0.3, -0.25) is 9.59 Å². The van der Waals surface area contributed by atoms with Crippen LogP contribution >= 0.6 is 0 Å². The van der Waals surface area contributed by atoms with Crippen LogP contribution in [0, 0.1) is 18.8 Å². The molecule has 0 unspecified atom stereocenters. The van der Waals surface area contributed by atoms with Crippen LogP contribution in [-0.4, -0.2) is 28.4 Å². The van der Waals surface area contributed by atoms with Gasteiger partial charge in [-0.05, 0) is 63.7 Å². The average molecular weight is 346 g/mol. The molecule has 1 saturated heterocycles. The van der Waals surface area contributed by atoms with Crippen LogP contribution in [0.2, 0.25) is 0 Å². The van der Waals surface area contributed by atoms with Gasteiger partial charge >= 0.3 is 0 Å². The van der Waals surface area contributed by atoms with E-state index < -0.39 is 5.60 Å². The molecular formula is C20H26O5. The van der Waals surface area contributed by atoms with Gasteiger partial charge in [-0.15, -0.1) is 0 Å². The summed E-state index contributed by atoms with van der Waals surface area (Å²) in [5, 5.41) is 10.0. The maximum absolute atomic E-state index is 12.6. The minimum absolute atomic E-state index is 0.0732. The first-order valence-electron chi connectivity index (χ1n) is 8.93. The molecule has 1 aliphatic carbocycles. The number of Topliss-reactive ketones (excluding diaryl/α,β-unsaturated/α-hetero) is 2. The van der Waals surface area contributed by atoms with Crippen molar-refractivity contribution in [1.82, 2.24) is 0 Å². The molecule has 5 nitrogen and oxygen atoms in total. The molecule has 1 aromatic rings. The maximum atomic E-state index is 12.6. The third-order valence-electron chi connectivity index (χ3n) is 5.79. The van der Waals surface area contributed by atoms with E-state index in [1.54, 1.807) is 19.3 Å². The number of rotatable bonds is 4. The first kappa shape index (κ1) is 17.9. The van der Waals surface area contributed by atoms with Gasteiger partial charge < -0.3 is 14.3 Å². The molecule has 0 saturated carbocycles. The van der Waals surface area contributed by atoms with E-state index in [2.05, 4.69) is 0 Å². The van der Waals surface area contributed by atoms with Crippen molar-refractivity contribution in [3.63, 3.8) is 0 Å². The Labute approximate surface area is 148 Å². The summed E-state index contributed by atoms with van der Waals surface area (Å²) in [4.78, 5) is 25.1. The Morgan fingerprint density at radius 3 is 2.72 bits per heavy atom. The number of ether oxygens (including phenoxy) is 1. The first-order chi connectivity index (χ1) is 11.7. The average Bonchev–Trinajstić information content (AvgIpc) is 3.18. The van der Waals surface area contributed by atoms with E-state index in [9.17, 15) is 14.7 Å². The topological polar surface area (TPSA) is 76.7 Å². The second-order valence-corrected chi connectivity index (χ2v) is 7.73. The number of furan rings is 1. The molecule has 5 heteroatoms. The van der Waals surface area contributed by atoms with Crippen LogP contribution in [0.1, 0.15) is 62.6 Å². The first-order valence-corrected chi connectivity index (χ1v) is 8.93. The lowest BCUT2D eigenvalue weighted by molar-refractivity contribution is -0.137. The number of aliphatic hydroxyl groups is 1. The predicted octanol–water partition coefficient (Wildman–Crippen LogP) is 4.16. The minimum Gasteiger partial charge on any atom is -0.504 e. The lowest BCUT2D eigenvalue weighted by Gasteiger charge is -2.36. The zero-order valence-electron chi connectivity index (χ0n) is 15.3. The minimum atomic E-state index is -0.635. The Bertz CT molecular complexity index is 728. The van der Waals surface area contributed by atoms with E-state index in [0.717, 1.165) is 17.6 Å².